The Kier molecular flexibility index (Phi) is 3.23. The Morgan fingerprint density at radius 1 is 1.53 bits per heavy atom. The van der Waals surface area contributed by atoms with E-state index in [9.17, 15) is 4.79 Å². The van der Waals surface area contributed by atoms with Gasteiger partial charge in [0.15, 0.2) is 6.04 Å². The lowest BCUT2D eigenvalue weighted by molar-refractivity contribution is -0.141. The van der Waals surface area contributed by atoms with E-state index in [0.717, 1.165) is 5.69 Å². The van der Waals surface area contributed by atoms with Crippen molar-refractivity contribution < 1.29 is 14.6 Å². The number of hydrogen-bond acceptors (Lipinski definition) is 5. The molecule has 1 aromatic rings. The zero-order chi connectivity index (χ0) is 12.4. The zero-order valence-corrected chi connectivity index (χ0v) is 9.88. The molecule has 0 bridgehead atoms. The zero-order valence-electron chi connectivity index (χ0n) is 9.88. The van der Waals surface area contributed by atoms with Crippen LogP contribution < -0.4 is 4.90 Å². The summed E-state index contributed by atoms with van der Waals surface area (Å²) in [6.45, 7) is 4.91. The summed E-state index contributed by atoms with van der Waals surface area (Å²) < 4.78 is 5.19. The molecule has 0 aromatic carbocycles. The minimum Gasteiger partial charge on any atom is -0.480 e. The van der Waals surface area contributed by atoms with E-state index < -0.39 is 12.0 Å². The van der Waals surface area contributed by atoms with Crippen molar-refractivity contribution >= 4 is 11.8 Å². The van der Waals surface area contributed by atoms with Gasteiger partial charge in [-0.2, -0.15) is 0 Å². The van der Waals surface area contributed by atoms with E-state index in [4.69, 9.17) is 9.84 Å². The molecule has 6 nitrogen and oxygen atoms in total. The van der Waals surface area contributed by atoms with Crippen LogP contribution in [0.15, 0.2) is 6.07 Å². The van der Waals surface area contributed by atoms with Gasteiger partial charge < -0.3 is 14.7 Å². The molecule has 6 heteroatoms. The van der Waals surface area contributed by atoms with Gasteiger partial charge in [-0.3, -0.25) is 0 Å². The molecule has 0 aliphatic carbocycles. The Bertz CT molecular complexity index is 416. The lowest BCUT2D eigenvalue weighted by atomic mass is 10.2. The van der Waals surface area contributed by atoms with Gasteiger partial charge in [0.25, 0.3) is 0 Å². The highest BCUT2D eigenvalue weighted by Crippen LogP contribution is 2.18. The summed E-state index contributed by atoms with van der Waals surface area (Å²) >= 11 is 0. The van der Waals surface area contributed by atoms with Gasteiger partial charge in [0, 0.05) is 18.3 Å². The number of hydrogen-bond donors (Lipinski definition) is 1. The molecule has 92 valence electrons. The highest BCUT2D eigenvalue weighted by atomic mass is 16.5. The van der Waals surface area contributed by atoms with Crippen LogP contribution in [0.2, 0.25) is 0 Å². The van der Waals surface area contributed by atoms with E-state index in [1.54, 1.807) is 17.9 Å². The second-order valence-electron chi connectivity index (χ2n) is 4.04. The number of anilines is 1. The lowest BCUT2D eigenvalue weighted by Gasteiger charge is -2.33. The Labute approximate surface area is 99.2 Å². The lowest BCUT2D eigenvalue weighted by Crippen LogP contribution is -2.50. The Morgan fingerprint density at radius 3 is 2.94 bits per heavy atom. The first-order valence-electron chi connectivity index (χ1n) is 5.47. The standard InChI is InChI=1S/C11H15N3O3/c1-7-5-10(13-8(2)12-7)14-3-4-17-6-9(14)11(15)16/h5,9H,3-4,6H2,1-2H3,(H,15,16). The van der Waals surface area contributed by atoms with Crippen molar-refractivity contribution in [1.29, 1.82) is 0 Å². The number of carboxylic acid groups (broad SMARTS) is 1. The van der Waals surface area contributed by atoms with E-state index in [0.29, 0.717) is 24.8 Å². The largest absolute Gasteiger partial charge is 0.480 e. The van der Waals surface area contributed by atoms with Crippen LogP contribution in [0.5, 0.6) is 0 Å². The Balaban J connectivity index is 2.32. The summed E-state index contributed by atoms with van der Waals surface area (Å²) in [5, 5.41) is 9.14. The van der Waals surface area contributed by atoms with Crippen molar-refractivity contribution in [1.82, 2.24) is 9.97 Å². The van der Waals surface area contributed by atoms with Crippen LogP contribution in [-0.4, -0.2) is 46.8 Å². The number of aromatic nitrogens is 2. The highest BCUT2D eigenvalue weighted by molar-refractivity contribution is 5.78. The van der Waals surface area contributed by atoms with Gasteiger partial charge in [-0.1, -0.05) is 0 Å². The number of aliphatic carboxylic acids is 1. The predicted octanol–water partition coefficient (Wildman–Crippen LogP) is 0.383. The number of carbonyl (C=O) groups is 1. The van der Waals surface area contributed by atoms with Crippen LogP contribution >= 0.6 is 0 Å². The summed E-state index contributed by atoms with van der Waals surface area (Å²) in [6.07, 6.45) is 0. The van der Waals surface area contributed by atoms with Crippen molar-refractivity contribution in [3.05, 3.63) is 17.6 Å². The number of rotatable bonds is 2. The summed E-state index contributed by atoms with van der Waals surface area (Å²) in [6, 6.07) is 1.13. The molecule has 1 aromatic heterocycles. The molecule has 1 atom stereocenters. The summed E-state index contributed by atoms with van der Waals surface area (Å²) in [7, 11) is 0. The maximum absolute atomic E-state index is 11.1. The first-order valence-corrected chi connectivity index (χ1v) is 5.47. The fourth-order valence-electron chi connectivity index (χ4n) is 1.93. The summed E-state index contributed by atoms with van der Waals surface area (Å²) in [5.74, 6) is 0.417. The minimum atomic E-state index is -0.890. The quantitative estimate of drug-likeness (QED) is 0.801. The average Bonchev–Trinajstić information content (AvgIpc) is 2.27. The monoisotopic (exact) mass is 237 g/mol. The van der Waals surface area contributed by atoms with E-state index in [-0.39, 0.29) is 6.61 Å². The first-order chi connectivity index (χ1) is 8.08. The van der Waals surface area contributed by atoms with Crippen molar-refractivity contribution in [3.63, 3.8) is 0 Å². The Morgan fingerprint density at radius 2 is 2.29 bits per heavy atom. The van der Waals surface area contributed by atoms with Gasteiger partial charge in [-0.05, 0) is 13.8 Å². The molecule has 0 amide bonds. The third kappa shape index (κ3) is 2.52. The van der Waals surface area contributed by atoms with Crippen molar-refractivity contribution in [3.8, 4) is 0 Å². The molecular formula is C11H15N3O3. The molecule has 1 fully saturated rings. The van der Waals surface area contributed by atoms with Gasteiger partial charge in [0.2, 0.25) is 0 Å². The van der Waals surface area contributed by atoms with Crippen LogP contribution in [0.25, 0.3) is 0 Å². The fraction of sp³-hybridized carbons (Fsp3) is 0.545. The van der Waals surface area contributed by atoms with Gasteiger partial charge >= 0.3 is 5.97 Å². The van der Waals surface area contributed by atoms with Crippen molar-refractivity contribution in [2.24, 2.45) is 0 Å². The fourth-order valence-corrected chi connectivity index (χ4v) is 1.93. The van der Waals surface area contributed by atoms with Gasteiger partial charge in [0.1, 0.15) is 11.6 Å². The van der Waals surface area contributed by atoms with Crippen LogP contribution in [0.4, 0.5) is 5.82 Å². The minimum absolute atomic E-state index is 0.192. The number of carboxylic acids is 1. The third-order valence-corrected chi connectivity index (χ3v) is 2.66. The molecule has 0 saturated carbocycles. The maximum atomic E-state index is 11.1. The van der Waals surface area contributed by atoms with Crippen molar-refractivity contribution in [2.75, 3.05) is 24.7 Å². The third-order valence-electron chi connectivity index (χ3n) is 2.66. The molecule has 17 heavy (non-hydrogen) atoms. The maximum Gasteiger partial charge on any atom is 0.328 e. The summed E-state index contributed by atoms with van der Waals surface area (Å²) in [4.78, 5) is 21.4. The molecule has 2 heterocycles. The number of nitrogens with zero attached hydrogens (tertiary/aromatic N) is 3. The molecule has 0 radical (unpaired) electrons. The summed E-state index contributed by atoms with van der Waals surface area (Å²) in [5.41, 5.74) is 0.836. The van der Waals surface area contributed by atoms with E-state index in [2.05, 4.69) is 9.97 Å². The molecule has 2 rings (SSSR count). The molecule has 1 unspecified atom stereocenters. The number of ether oxygens (including phenoxy) is 1. The van der Waals surface area contributed by atoms with Crippen LogP contribution in [0.3, 0.4) is 0 Å². The molecule has 0 spiro atoms. The van der Waals surface area contributed by atoms with Gasteiger partial charge in [-0.15, -0.1) is 0 Å². The molecule has 1 aliphatic heterocycles. The topological polar surface area (TPSA) is 75.5 Å². The number of aryl methyl sites for hydroxylation is 2. The predicted molar refractivity (Wildman–Crippen MR) is 61.1 cm³/mol. The molecular weight excluding hydrogens is 222 g/mol. The van der Waals surface area contributed by atoms with Crippen LogP contribution in [0, 0.1) is 13.8 Å². The first kappa shape index (κ1) is 11.8. The van der Waals surface area contributed by atoms with Gasteiger partial charge in [-0.25, -0.2) is 14.8 Å². The van der Waals surface area contributed by atoms with E-state index in [1.807, 2.05) is 6.92 Å². The number of morpholine rings is 1. The molecule has 1 N–H and O–H groups in total. The van der Waals surface area contributed by atoms with E-state index in [1.165, 1.54) is 0 Å². The normalized spacial score (nSPS) is 20.4. The second kappa shape index (κ2) is 4.67. The highest BCUT2D eigenvalue weighted by Gasteiger charge is 2.30. The van der Waals surface area contributed by atoms with Gasteiger partial charge in [0.05, 0.1) is 13.2 Å². The molecule has 1 aliphatic rings. The Hall–Kier alpha value is -1.69. The smallest absolute Gasteiger partial charge is 0.328 e. The second-order valence-corrected chi connectivity index (χ2v) is 4.04. The van der Waals surface area contributed by atoms with Crippen LogP contribution in [-0.2, 0) is 9.53 Å². The average molecular weight is 237 g/mol. The van der Waals surface area contributed by atoms with Crippen LogP contribution in [0.1, 0.15) is 11.5 Å². The molecule has 1 saturated heterocycles. The van der Waals surface area contributed by atoms with E-state index >= 15 is 0 Å². The van der Waals surface area contributed by atoms with Crippen molar-refractivity contribution in [2.45, 2.75) is 19.9 Å². The SMILES string of the molecule is Cc1cc(N2CCOCC2C(=O)O)nc(C)n1.